The number of ether oxygens (including phenoxy) is 1. The summed E-state index contributed by atoms with van der Waals surface area (Å²) in [6.45, 7) is 7.73. The van der Waals surface area contributed by atoms with Gasteiger partial charge in [0.15, 0.2) is 0 Å². The summed E-state index contributed by atoms with van der Waals surface area (Å²) in [7, 11) is 0. The van der Waals surface area contributed by atoms with Crippen molar-refractivity contribution in [1.29, 1.82) is 0 Å². The van der Waals surface area contributed by atoms with Crippen LogP contribution >= 0.6 is 0 Å². The number of allylic oxidation sites excluding steroid dienone is 1. The van der Waals surface area contributed by atoms with Gasteiger partial charge in [-0.15, -0.1) is 0 Å². The summed E-state index contributed by atoms with van der Waals surface area (Å²) in [4.78, 5) is 11.5. The molecule has 1 aliphatic heterocycles. The predicted molar refractivity (Wildman–Crippen MR) is 70.7 cm³/mol. The Morgan fingerprint density at radius 3 is 2.61 bits per heavy atom. The second-order valence-electron chi connectivity index (χ2n) is 4.62. The number of carbonyl (C=O) groups excluding carboxylic acids is 1. The Morgan fingerprint density at radius 2 is 2.00 bits per heavy atom. The Labute approximate surface area is 108 Å². The van der Waals surface area contributed by atoms with Crippen molar-refractivity contribution >= 4 is 5.97 Å². The van der Waals surface area contributed by atoms with E-state index in [4.69, 9.17) is 4.74 Å². The number of rotatable bonds is 4. The predicted octanol–water partition coefficient (Wildman–Crippen LogP) is 1.62. The third kappa shape index (κ3) is 2.40. The van der Waals surface area contributed by atoms with E-state index >= 15 is 0 Å². The number of hydrogen-bond acceptors (Lipinski definition) is 4. The van der Waals surface area contributed by atoms with Crippen molar-refractivity contribution < 1.29 is 9.53 Å². The van der Waals surface area contributed by atoms with Crippen LogP contribution in [-0.2, 0) is 9.53 Å². The van der Waals surface area contributed by atoms with E-state index in [1.165, 1.54) is 0 Å². The summed E-state index contributed by atoms with van der Waals surface area (Å²) in [5.74, 6) is 0.479. The minimum Gasteiger partial charge on any atom is -0.426 e. The third-order valence-corrected chi connectivity index (χ3v) is 3.17. The smallest absolute Gasteiger partial charge is 0.315 e. The second kappa shape index (κ2) is 5.08. The van der Waals surface area contributed by atoms with Crippen LogP contribution in [-0.4, -0.2) is 24.7 Å². The van der Waals surface area contributed by atoms with Gasteiger partial charge in [-0.25, -0.2) is 0 Å². The van der Waals surface area contributed by atoms with Crippen LogP contribution in [0.25, 0.3) is 0 Å². The fourth-order valence-corrected chi connectivity index (χ4v) is 2.40. The first-order valence-electron chi connectivity index (χ1n) is 6.43. The molecule has 0 bridgehead atoms. The lowest BCUT2D eigenvalue weighted by atomic mass is 9.92. The Bertz CT molecular complexity index is 441. The molecule has 1 heterocycles. The number of fused-ring (bicyclic) bond motifs is 1. The lowest BCUT2D eigenvalue weighted by Gasteiger charge is -2.34. The van der Waals surface area contributed by atoms with Crippen molar-refractivity contribution in [3.8, 4) is 0 Å². The van der Waals surface area contributed by atoms with Crippen LogP contribution in [0.1, 0.15) is 27.2 Å². The standard InChI is InChI=1S/C14H20N2O2/c1-4-15-14(16-5-2)7-6-11-10(3)8-13(17)18-12(11)9-14/h6-7,9,15-16H,4-5,8H2,1-3H3. The molecule has 98 valence electrons. The number of esters is 1. The second-order valence-corrected chi connectivity index (χ2v) is 4.62. The van der Waals surface area contributed by atoms with Crippen LogP contribution in [0.3, 0.4) is 0 Å². The lowest BCUT2D eigenvalue weighted by Crippen LogP contribution is -2.55. The van der Waals surface area contributed by atoms with Gasteiger partial charge in [0, 0.05) is 5.57 Å². The lowest BCUT2D eigenvalue weighted by molar-refractivity contribution is -0.139. The summed E-state index contributed by atoms with van der Waals surface area (Å²) in [6.07, 6.45) is 6.45. The van der Waals surface area contributed by atoms with E-state index in [0.717, 1.165) is 24.2 Å². The van der Waals surface area contributed by atoms with Crippen LogP contribution in [0.15, 0.2) is 35.1 Å². The molecular formula is C14H20N2O2. The maximum absolute atomic E-state index is 11.5. The van der Waals surface area contributed by atoms with Crippen molar-refractivity contribution in [3.05, 3.63) is 35.1 Å². The molecular weight excluding hydrogens is 228 g/mol. The molecule has 0 unspecified atom stereocenters. The molecule has 18 heavy (non-hydrogen) atoms. The average Bonchev–Trinajstić information content (AvgIpc) is 2.28. The number of nitrogens with one attached hydrogen (secondary N) is 2. The Kier molecular flexibility index (Phi) is 3.68. The fraction of sp³-hybridized carbons (Fsp3) is 0.500. The highest BCUT2D eigenvalue weighted by atomic mass is 16.5. The van der Waals surface area contributed by atoms with Crippen molar-refractivity contribution in [1.82, 2.24) is 10.6 Å². The van der Waals surface area contributed by atoms with E-state index in [-0.39, 0.29) is 5.97 Å². The fourth-order valence-electron chi connectivity index (χ4n) is 2.40. The summed E-state index contributed by atoms with van der Waals surface area (Å²) in [5, 5.41) is 6.75. The summed E-state index contributed by atoms with van der Waals surface area (Å²) >= 11 is 0. The molecule has 0 saturated heterocycles. The van der Waals surface area contributed by atoms with Crippen LogP contribution in [0.5, 0.6) is 0 Å². The van der Waals surface area contributed by atoms with Gasteiger partial charge in [0.25, 0.3) is 0 Å². The molecule has 2 N–H and O–H groups in total. The van der Waals surface area contributed by atoms with Crippen molar-refractivity contribution in [2.45, 2.75) is 32.9 Å². The molecule has 0 radical (unpaired) electrons. The van der Waals surface area contributed by atoms with Gasteiger partial charge in [0.1, 0.15) is 11.4 Å². The Hall–Kier alpha value is -1.39. The minimum absolute atomic E-state index is 0.181. The van der Waals surface area contributed by atoms with Gasteiger partial charge < -0.3 is 4.74 Å². The minimum atomic E-state index is -0.416. The molecule has 0 aromatic rings. The van der Waals surface area contributed by atoms with Crippen LogP contribution < -0.4 is 10.6 Å². The first kappa shape index (κ1) is 13.1. The molecule has 0 amide bonds. The molecule has 4 nitrogen and oxygen atoms in total. The molecule has 0 spiro atoms. The van der Waals surface area contributed by atoms with Crippen molar-refractivity contribution in [2.24, 2.45) is 0 Å². The van der Waals surface area contributed by atoms with Crippen molar-refractivity contribution in [2.75, 3.05) is 13.1 Å². The highest BCUT2D eigenvalue weighted by molar-refractivity contribution is 5.78. The quantitative estimate of drug-likeness (QED) is 0.586. The first-order chi connectivity index (χ1) is 8.60. The Morgan fingerprint density at radius 1 is 1.33 bits per heavy atom. The number of carbonyl (C=O) groups is 1. The highest BCUT2D eigenvalue weighted by Crippen LogP contribution is 2.31. The molecule has 2 aliphatic rings. The molecule has 0 saturated carbocycles. The molecule has 4 heteroatoms. The molecule has 2 rings (SSSR count). The SMILES string of the molecule is CCNC1(NCC)C=CC2=C(C)CC(=O)OC2=C1. The molecule has 0 atom stereocenters. The number of hydrogen-bond donors (Lipinski definition) is 2. The van der Waals surface area contributed by atoms with Crippen LogP contribution in [0.4, 0.5) is 0 Å². The maximum Gasteiger partial charge on any atom is 0.315 e. The van der Waals surface area contributed by atoms with Gasteiger partial charge >= 0.3 is 5.97 Å². The van der Waals surface area contributed by atoms with E-state index < -0.39 is 5.66 Å². The highest BCUT2D eigenvalue weighted by Gasteiger charge is 2.31. The van der Waals surface area contributed by atoms with Gasteiger partial charge in [0.05, 0.1) is 6.42 Å². The summed E-state index contributed by atoms with van der Waals surface area (Å²) in [5.41, 5.74) is 1.68. The molecule has 0 fully saturated rings. The third-order valence-electron chi connectivity index (χ3n) is 3.17. The van der Waals surface area contributed by atoms with E-state index in [0.29, 0.717) is 12.2 Å². The zero-order chi connectivity index (χ0) is 13.2. The monoisotopic (exact) mass is 248 g/mol. The molecule has 1 aliphatic carbocycles. The van der Waals surface area contributed by atoms with Gasteiger partial charge in [0.2, 0.25) is 0 Å². The largest absolute Gasteiger partial charge is 0.426 e. The zero-order valence-corrected chi connectivity index (χ0v) is 11.2. The molecule has 0 aromatic heterocycles. The Balaban J connectivity index is 2.37. The van der Waals surface area contributed by atoms with E-state index in [2.05, 4.69) is 30.6 Å². The van der Waals surface area contributed by atoms with Gasteiger partial charge in [-0.05, 0) is 32.2 Å². The first-order valence-corrected chi connectivity index (χ1v) is 6.43. The molecule has 0 aromatic carbocycles. The van der Waals surface area contributed by atoms with E-state index in [1.807, 2.05) is 19.1 Å². The van der Waals surface area contributed by atoms with E-state index in [1.54, 1.807) is 0 Å². The zero-order valence-electron chi connectivity index (χ0n) is 11.2. The van der Waals surface area contributed by atoms with E-state index in [9.17, 15) is 4.79 Å². The summed E-state index contributed by atoms with van der Waals surface area (Å²) in [6, 6.07) is 0. The van der Waals surface area contributed by atoms with Gasteiger partial charge in [-0.2, -0.15) is 0 Å². The van der Waals surface area contributed by atoms with Gasteiger partial charge in [-0.1, -0.05) is 25.5 Å². The maximum atomic E-state index is 11.5. The normalized spacial score (nSPS) is 21.5. The van der Waals surface area contributed by atoms with Crippen LogP contribution in [0, 0.1) is 0 Å². The summed E-state index contributed by atoms with van der Waals surface area (Å²) < 4.78 is 5.34. The number of likely N-dealkylation sites (N-methyl/N-ethyl adjacent to an activating group) is 2. The van der Waals surface area contributed by atoms with Gasteiger partial charge in [-0.3, -0.25) is 15.4 Å². The average molecular weight is 248 g/mol. The van der Waals surface area contributed by atoms with Crippen molar-refractivity contribution in [3.63, 3.8) is 0 Å². The topological polar surface area (TPSA) is 50.4 Å². The van der Waals surface area contributed by atoms with Crippen LogP contribution in [0.2, 0.25) is 0 Å².